The molecule has 0 bridgehead atoms. The van der Waals surface area contributed by atoms with E-state index in [1.807, 2.05) is 12.1 Å². The summed E-state index contributed by atoms with van der Waals surface area (Å²) in [5.41, 5.74) is 2.82. The molecule has 0 amide bonds. The molecule has 0 aliphatic carbocycles. The van der Waals surface area contributed by atoms with Gasteiger partial charge in [0.1, 0.15) is 18.0 Å². The summed E-state index contributed by atoms with van der Waals surface area (Å²) >= 11 is 0. The summed E-state index contributed by atoms with van der Waals surface area (Å²) in [6, 6.07) is 16.5. The maximum atomic E-state index is 12.0. The number of sulfonamides is 1. The van der Waals surface area contributed by atoms with Crippen LogP contribution < -0.4 is 15.4 Å². The summed E-state index contributed by atoms with van der Waals surface area (Å²) in [5, 5.41) is 6.41. The average molecular weight is 412 g/mol. The summed E-state index contributed by atoms with van der Waals surface area (Å²) < 4.78 is 26.3. The van der Waals surface area contributed by atoms with Crippen molar-refractivity contribution >= 4 is 33.0 Å². The summed E-state index contributed by atoms with van der Waals surface area (Å²) in [5.74, 6) is 1.18. The van der Waals surface area contributed by atoms with E-state index in [9.17, 15) is 8.42 Å². The van der Waals surface area contributed by atoms with E-state index in [0.29, 0.717) is 17.3 Å². The number of rotatable bonds is 6. The highest BCUT2D eigenvalue weighted by atomic mass is 32.2. The van der Waals surface area contributed by atoms with Gasteiger partial charge in [-0.05, 0) is 48.4 Å². The van der Waals surface area contributed by atoms with Gasteiger partial charge in [0, 0.05) is 17.4 Å². The number of aromatic nitrogens is 2. The van der Waals surface area contributed by atoms with Gasteiger partial charge < -0.3 is 10.6 Å². The first-order valence-corrected chi connectivity index (χ1v) is 10.7. The van der Waals surface area contributed by atoms with Crippen LogP contribution in [0.25, 0.3) is 0 Å². The predicted octanol–water partition coefficient (Wildman–Crippen LogP) is 4.17. The molecule has 7 nitrogen and oxygen atoms in total. The molecule has 0 fully saturated rings. The van der Waals surface area contributed by atoms with Gasteiger partial charge in [0.25, 0.3) is 0 Å². The van der Waals surface area contributed by atoms with Crippen LogP contribution in [0.1, 0.15) is 26.3 Å². The second kappa shape index (κ2) is 8.18. The minimum absolute atomic E-state index is 0.0504. The van der Waals surface area contributed by atoms with Crippen LogP contribution in [-0.4, -0.2) is 25.4 Å². The zero-order valence-electron chi connectivity index (χ0n) is 16.9. The molecule has 3 N–H and O–H groups in total. The molecule has 3 rings (SSSR count). The van der Waals surface area contributed by atoms with Gasteiger partial charge in [-0.15, -0.1) is 0 Å². The van der Waals surface area contributed by atoms with E-state index < -0.39 is 10.0 Å². The third kappa shape index (κ3) is 5.30. The number of hydrogen-bond donors (Lipinski definition) is 3. The van der Waals surface area contributed by atoms with Gasteiger partial charge in [0.2, 0.25) is 10.0 Å². The molecule has 0 atom stereocenters. The molecular weight excluding hydrogens is 386 g/mol. The minimum atomic E-state index is -3.51. The third-order valence-electron chi connectivity index (χ3n) is 4.35. The van der Waals surface area contributed by atoms with Crippen LogP contribution in [0.15, 0.2) is 65.8 Å². The number of anilines is 4. The Morgan fingerprint density at radius 1 is 0.828 bits per heavy atom. The van der Waals surface area contributed by atoms with E-state index in [1.165, 1.54) is 25.0 Å². The average Bonchev–Trinajstić information content (AvgIpc) is 2.68. The van der Waals surface area contributed by atoms with Crippen molar-refractivity contribution in [1.82, 2.24) is 14.7 Å². The summed E-state index contributed by atoms with van der Waals surface area (Å²) in [6.07, 6.45) is 1.45. The lowest BCUT2D eigenvalue weighted by Crippen LogP contribution is -2.18. The fourth-order valence-corrected chi connectivity index (χ4v) is 3.49. The molecule has 0 saturated heterocycles. The Morgan fingerprint density at radius 3 is 2.00 bits per heavy atom. The van der Waals surface area contributed by atoms with E-state index in [-0.39, 0.29) is 10.3 Å². The highest BCUT2D eigenvalue weighted by Crippen LogP contribution is 2.26. The maximum absolute atomic E-state index is 12.0. The third-order valence-corrected chi connectivity index (χ3v) is 5.77. The monoisotopic (exact) mass is 411 g/mol. The first kappa shape index (κ1) is 20.8. The fourth-order valence-electron chi connectivity index (χ4n) is 2.71. The molecule has 0 unspecified atom stereocenters. The van der Waals surface area contributed by atoms with Crippen LogP contribution in [-0.2, 0) is 15.4 Å². The van der Waals surface area contributed by atoms with Crippen LogP contribution in [0.5, 0.6) is 0 Å². The topological polar surface area (TPSA) is 96.0 Å². The van der Waals surface area contributed by atoms with Crippen LogP contribution in [0, 0.1) is 0 Å². The van der Waals surface area contributed by atoms with Gasteiger partial charge in [-0.1, -0.05) is 39.0 Å². The first-order chi connectivity index (χ1) is 13.7. The minimum Gasteiger partial charge on any atom is -0.340 e. The van der Waals surface area contributed by atoms with E-state index >= 15 is 0 Å². The molecule has 8 heteroatoms. The largest absolute Gasteiger partial charge is 0.340 e. The quantitative estimate of drug-likeness (QED) is 0.563. The lowest BCUT2D eigenvalue weighted by Gasteiger charge is -2.20. The standard InChI is InChI=1S/C21H25N5O2S/c1-21(2,3)15-7-5-8-16(11-15)25-19-13-20(24-14-23-19)26-17-9-6-10-18(12-17)29(27,28)22-4/h5-14,22H,1-4H3,(H2,23,24,25,26). The van der Waals surface area contributed by atoms with Crippen molar-refractivity contribution in [3.63, 3.8) is 0 Å². The molecule has 2 aromatic carbocycles. The smallest absolute Gasteiger partial charge is 0.240 e. The lowest BCUT2D eigenvalue weighted by atomic mass is 9.87. The first-order valence-electron chi connectivity index (χ1n) is 9.18. The number of nitrogens with one attached hydrogen (secondary N) is 3. The van der Waals surface area contributed by atoms with Crippen molar-refractivity contribution in [2.24, 2.45) is 0 Å². The second-order valence-corrected chi connectivity index (χ2v) is 9.49. The zero-order valence-corrected chi connectivity index (χ0v) is 17.7. The van der Waals surface area contributed by atoms with Crippen LogP contribution in [0.4, 0.5) is 23.0 Å². The Hall–Kier alpha value is -2.97. The highest BCUT2D eigenvalue weighted by molar-refractivity contribution is 7.89. The molecule has 3 aromatic rings. The van der Waals surface area contributed by atoms with Crippen molar-refractivity contribution in [3.05, 3.63) is 66.5 Å². The van der Waals surface area contributed by atoms with Crippen molar-refractivity contribution in [2.45, 2.75) is 31.1 Å². The lowest BCUT2D eigenvalue weighted by molar-refractivity contribution is 0.588. The van der Waals surface area contributed by atoms with Gasteiger partial charge in [0.05, 0.1) is 4.90 Å². The van der Waals surface area contributed by atoms with Crippen LogP contribution in [0.2, 0.25) is 0 Å². The summed E-state index contributed by atoms with van der Waals surface area (Å²) in [7, 11) is -2.13. The molecule has 1 heterocycles. The normalized spacial score (nSPS) is 11.9. The van der Waals surface area contributed by atoms with E-state index in [4.69, 9.17) is 0 Å². The summed E-state index contributed by atoms with van der Waals surface area (Å²) in [6.45, 7) is 6.50. The van der Waals surface area contributed by atoms with Crippen LogP contribution in [0.3, 0.4) is 0 Å². The molecule has 29 heavy (non-hydrogen) atoms. The molecule has 0 saturated carbocycles. The fraction of sp³-hybridized carbons (Fsp3) is 0.238. The molecule has 0 aliphatic heterocycles. The molecule has 0 aliphatic rings. The van der Waals surface area contributed by atoms with Crippen molar-refractivity contribution in [3.8, 4) is 0 Å². The predicted molar refractivity (Wildman–Crippen MR) is 116 cm³/mol. The molecular formula is C21H25N5O2S. The molecule has 152 valence electrons. The van der Waals surface area contributed by atoms with Gasteiger partial charge >= 0.3 is 0 Å². The number of benzene rings is 2. The number of nitrogens with zero attached hydrogens (tertiary/aromatic N) is 2. The van der Waals surface area contributed by atoms with Crippen molar-refractivity contribution in [1.29, 1.82) is 0 Å². The maximum Gasteiger partial charge on any atom is 0.240 e. The molecule has 1 aromatic heterocycles. The van der Waals surface area contributed by atoms with E-state index in [1.54, 1.807) is 24.3 Å². The van der Waals surface area contributed by atoms with E-state index in [2.05, 4.69) is 58.2 Å². The van der Waals surface area contributed by atoms with Crippen molar-refractivity contribution in [2.75, 3.05) is 17.7 Å². The Kier molecular flexibility index (Phi) is 5.86. The Balaban J connectivity index is 1.80. The molecule has 0 radical (unpaired) electrons. The second-order valence-electron chi connectivity index (χ2n) is 7.60. The summed E-state index contributed by atoms with van der Waals surface area (Å²) in [4.78, 5) is 8.67. The number of hydrogen-bond acceptors (Lipinski definition) is 6. The SMILES string of the molecule is CNS(=O)(=O)c1cccc(Nc2cc(Nc3cccc(C(C)(C)C)c3)ncn2)c1. The van der Waals surface area contributed by atoms with Crippen molar-refractivity contribution < 1.29 is 8.42 Å². The van der Waals surface area contributed by atoms with Crippen LogP contribution >= 0.6 is 0 Å². The highest BCUT2D eigenvalue weighted by Gasteiger charge is 2.14. The Labute approximate surface area is 171 Å². The van der Waals surface area contributed by atoms with Gasteiger partial charge in [0.15, 0.2) is 0 Å². The van der Waals surface area contributed by atoms with Gasteiger partial charge in [-0.25, -0.2) is 23.1 Å². The van der Waals surface area contributed by atoms with Gasteiger partial charge in [-0.3, -0.25) is 0 Å². The van der Waals surface area contributed by atoms with Gasteiger partial charge in [-0.2, -0.15) is 0 Å². The Bertz CT molecular complexity index is 1110. The Morgan fingerprint density at radius 2 is 1.41 bits per heavy atom. The molecule has 0 spiro atoms. The zero-order chi connectivity index (χ0) is 21.1. The van der Waals surface area contributed by atoms with E-state index in [0.717, 1.165) is 5.69 Å².